The number of carboxylic acids is 1. The standard InChI is InChI=1S/C21H28N2O3/c24-20(18-15-6-7-16(12-15)19(18)21(25)26)22-17-8-4-14(5-9-17)13-23-10-2-1-3-11-23/h4-5,8-9,15-16,18-19H,1-3,6-7,10-13H2,(H,22,24)(H,25,26)/t15-,16+,18+,19+/m1/s1. The van der Waals surface area contributed by atoms with Gasteiger partial charge in [-0.2, -0.15) is 0 Å². The third kappa shape index (κ3) is 3.50. The zero-order valence-electron chi connectivity index (χ0n) is 15.2. The molecule has 1 amide bonds. The number of carbonyl (C=O) groups excluding carboxylic acids is 1. The molecule has 5 heteroatoms. The van der Waals surface area contributed by atoms with Crippen molar-refractivity contribution >= 4 is 17.6 Å². The maximum atomic E-state index is 12.7. The summed E-state index contributed by atoms with van der Waals surface area (Å²) in [6.07, 6.45) is 6.73. The van der Waals surface area contributed by atoms with Crippen LogP contribution in [-0.2, 0) is 16.1 Å². The van der Waals surface area contributed by atoms with E-state index in [2.05, 4.69) is 22.3 Å². The number of benzene rings is 1. The van der Waals surface area contributed by atoms with Crippen LogP contribution in [0.3, 0.4) is 0 Å². The predicted molar refractivity (Wildman–Crippen MR) is 99.6 cm³/mol. The van der Waals surface area contributed by atoms with Crippen LogP contribution in [0, 0.1) is 23.7 Å². The minimum atomic E-state index is -0.811. The molecular formula is C21H28N2O3. The van der Waals surface area contributed by atoms with Gasteiger partial charge in [0.05, 0.1) is 11.8 Å². The van der Waals surface area contributed by atoms with E-state index in [4.69, 9.17) is 0 Å². The van der Waals surface area contributed by atoms with Gasteiger partial charge in [-0.3, -0.25) is 14.5 Å². The number of aliphatic carboxylic acids is 1. The third-order valence-corrected chi connectivity index (χ3v) is 6.58. The molecule has 1 aliphatic heterocycles. The molecule has 2 N–H and O–H groups in total. The van der Waals surface area contributed by atoms with E-state index in [1.807, 2.05) is 12.1 Å². The second kappa shape index (κ2) is 7.39. The molecule has 0 spiro atoms. The molecule has 140 valence electrons. The Kier molecular flexibility index (Phi) is 4.98. The summed E-state index contributed by atoms with van der Waals surface area (Å²) in [7, 11) is 0. The number of hydrogen-bond donors (Lipinski definition) is 2. The Morgan fingerprint density at radius 1 is 1.00 bits per heavy atom. The number of piperidine rings is 1. The lowest BCUT2D eigenvalue weighted by Gasteiger charge is -2.27. The van der Waals surface area contributed by atoms with E-state index in [-0.39, 0.29) is 23.7 Å². The van der Waals surface area contributed by atoms with E-state index in [1.165, 1.54) is 37.9 Å². The topological polar surface area (TPSA) is 69.6 Å². The Labute approximate surface area is 154 Å². The molecule has 1 saturated heterocycles. The quantitative estimate of drug-likeness (QED) is 0.849. The van der Waals surface area contributed by atoms with Crippen LogP contribution in [0.1, 0.15) is 44.1 Å². The van der Waals surface area contributed by atoms with Crippen LogP contribution in [0.4, 0.5) is 5.69 Å². The summed E-state index contributed by atoms with van der Waals surface area (Å²) in [6.45, 7) is 3.29. The molecule has 4 atom stereocenters. The van der Waals surface area contributed by atoms with Crippen molar-refractivity contribution in [1.82, 2.24) is 4.90 Å². The predicted octanol–water partition coefficient (Wildman–Crippen LogP) is 3.36. The molecule has 3 aliphatic rings. The average Bonchev–Trinajstić information content (AvgIpc) is 3.25. The number of likely N-dealkylation sites (tertiary alicyclic amines) is 1. The first-order chi connectivity index (χ1) is 12.6. The molecule has 0 radical (unpaired) electrons. The Balaban J connectivity index is 1.37. The van der Waals surface area contributed by atoms with Crippen LogP contribution in [0.15, 0.2) is 24.3 Å². The molecule has 3 fully saturated rings. The average molecular weight is 356 g/mol. The summed E-state index contributed by atoms with van der Waals surface area (Å²) in [5.41, 5.74) is 2.03. The lowest BCUT2D eigenvalue weighted by atomic mass is 9.78. The van der Waals surface area contributed by atoms with Crippen molar-refractivity contribution in [3.05, 3.63) is 29.8 Å². The summed E-state index contributed by atoms with van der Waals surface area (Å²) in [4.78, 5) is 26.8. The van der Waals surface area contributed by atoms with Gasteiger partial charge in [0.1, 0.15) is 0 Å². The van der Waals surface area contributed by atoms with Crippen LogP contribution in [0.5, 0.6) is 0 Å². The van der Waals surface area contributed by atoms with Crippen LogP contribution in [0.25, 0.3) is 0 Å². The molecular weight excluding hydrogens is 328 g/mol. The molecule has 1 aromatic carbocycles. The highest BCUT2D eigenvalue weighted by molar-refractivity contribution is 5.96. The summed E-state index contributed by atoms with van der Waals surface area (Å²) < 4.78 is 0. The molecule has 0 unspecified atom stereocenters. The van der Waals surface area contributed by atoms with Gasteiger partial charge in [0.2, 0.25) is 5.91 Å². The van der Waals surface area contributed by atoms with Gasteiger partial charge in [-0.25, -0.2) is 0 Å². The van der Waals surface area contributed by atoms with Crippen molar-refractivity contribution in [2.45, 2.75) is 45.1 Å². The van der Waals surface area contributed by atoms with E-state index in [1.54, 1.807) is 0 Å². The lowest BCUT2D eigenvalue weighted by molar-refractivity contribution is -0.148. The Hall–Kier alpha value is -1.88. The number of amides is 1. The highest BCUT2D eigenvalue weighted by Crippen LogP contribution is 2.52. The van der Waals surface area contributed by atoms with E-state index in [0.717, 1.165) is 31.5 Å². The van der Waals surface area contributed by atoms with Crippen LogP contribution >= 0.6 is 0 Å². The fraction of sp³-hybridized carbons (Fsp3) is 0.619. The van der Waals surface area contributed by atoms with Crippen molar-refractivity contribution in [1.29, 1.82) is 0 Å². The minimum Gasteiger partial charge on any atom is -0.481 e. The molecule has 0 aromatic heterocycles. The fourth-order valence-electron chi connectivity index (χ4n) is 5.32. The molecule has 26 heavy (non-hydrogen) atoms. The number of anilines is 1. The minimum absolute atomic E-state index is 0.117. The van der Waals surface area contributed by atoms with Gasteiger partial charge in [-0.1, -0.05) is 18.6 Å². The highest BCUT2D eigenvalue weighted by Gasteiger charge is 2.53. The van der Waals surface area contributed by atoms with E-state index in [9.17, 15) is 14.7 Å². The molecule has 2 aliphatic carbocycles. The second-order valence-electron chi connectivity index (χ2n) is 8.25. The summed E-state index contributed by atoms with van der Waals surface area (Å²) in [5.74, 6) is -1.39. The molecule has 4 rings (SSSR count). The fourth-order valence-corrected chi connectivity index (χ4v) is 5.32. The van der Waals surface area contributed by atoms with Gasteiger partial charge in [-0.15, -0.1) is 0 Å². The van der Waals surface area contributed by atoms with E-state index in [0.29, 0.717) is 0 Å². The van der Waals surface area contributed by atoms with Crippen LogP contribution in [-0.4, -0.2) is 35.0 Å². The monoisotopic (exact) mass is 356 g/mol. The zero-order valence-corrected chi connectivity index (χ0v) is 15.2. The SMILES string of the molecule is O=C(O)[C@H]1[C@H]2CC[C@H](C2)[C@@H]1C(=O)Nc1ccc(CN2CCCCC2)cc1. The largest absolute Gasteiger partial charge is 0.481 e. The van der Waals surface area contributed by atoms with Crippen molar-refractivity contribution in [3.63, 3.8) is 0 Å². The van der Waals surface area contributed by atoms with Gasteiger partial charge in [0, 0.05) is 12.2 Å². The normalized spacial score (nSPS) is 31.1. The Bertz CT molecular complexity index is 666. The summed E-state index contributed by atoms with van der Waals surface area (Å²) >= 11 is 0. The van der Waals surface area contributed by atoms with Gasteiger partial charge < -0.3 is 10.4 Å². The summed E-state index contributed by atoms with van der Waals surface area (Å²) in [5, 5.41) is 12.5. The number of fused-ring (bicyclic) bond motifs is 2. The first-order valence-corrected chi connectivity index (χ1v) is 9.97. The summed E-state index contributed by atoms with van der Waals surface area (Å²) in [6, 6.07) is 8.03. The number of hydrogen-bond acceptors (Lipinski definition) is 3. The van der Waals surface area contributed by atoms with Crippen LogP contribution in [0.2, 0.25) is 0 Å². The van der Waals surface area contributed by atoms with E-state index >= 15 is 0 Å². The van der Waals surface area contributed by atoms with Crippen molar-refractivity contribution in [2.24, 2.45) is 23.7 Å². The third-order valence-electron chi connectivity index (χ3n) is 6.58. The number of carboxylic acid groups (broad SMARTS) is 1. The van der Waals surface area contributed by atoms with Gasteiger partial charge in [-0.05, 0) is 74.7 Å². The van der Waals surface area contributed by atoms with Crippen molar-refractivity contribution in [3.8, 4) is 0 Å². The Morgan fingerprint density at radius 3 is 2.31 bits per heavy atom. The van der Waals surface area contributed by atoms with Gasteiger partial charge in [0.25, 0.3) is 0 Å². The van der Waals surface area contributed by atoms with Gasteiger partial charge >= 0.3 is 5.97 Å². The second-order valence-corrected chi connectivity index (χ2v) is 8.25. The smallest absolute Gasteiger partial charge is 0.307 e. The molecule has 1 aromatic rings. The zero-order chi connectivity index (χ0) is 18.1. The number of nitrogens with zero attached hydrogens (tertiary/aromatic N) is 1. The first kappa shape index (κ1) is 17.5. The van der Waals surface area contributed by atoms with Crippen molar-refractivity contribution in [2.75, 3.05) is 18.4 Å². The number of nitrogens with one attached hydrogen (secondary N) is 1. The van der Waals surface area contributed by atoms with Gasteiger partial charge in [0.15, 0.2) is 0 Å². The maximum Gasteiger partial charge on any atom is 0.307 e. The first-order valence-electron chi connectivity index (χ1n) is 9.97. The number of rotatable bonds is 5. The molecule has 2 bridgehead atoms. The number of carbonyl (C=O) groups is 2. The highest BCUT2D eigenvalue weighted by atomic mass is 16.4. The van der Waals surface area contributed by atoms with E-state index < -0.39 is 11.9 Å². The molecule has 2 saturated carbocycles. The molecule has 5 nitrogen and oxygen atoms in total. The lowest BCUT2D eigenvalue weighted by Crippen LogP contribution is -2.37. The van der Waals surface area contributed by atoms with Crippen molar-refractivity contribution < 1.29 is 14.7 Å². The molecule has 1 heterocycles. The maximum absolute atomic E-state index is 12.7. The Morgan fingerprint density at radius 2 is 1.65 bits per heavy atom. The van der Waals surface area contributed by atoms with Crippen LogP contribution < -0.4 is 5.32 Å².